The molecule has 6 heteroatoms. The number of sulfone groups is 1. The lowest BCUT2D eigenvalue weighted by atomic mass is 10.00. The molecule has 1 aromatic heterocycles. The molecule has 1 aliphatic rings. The van der Waals surface area contributed by atoms with Crippen LogP contribution in [0.2, 0.25) is 0 Å². The van der Waals surface area contributed by atoms with Gasteiger partial charge < -0.3 is 9.30 Å². The van der Waals surface area contributed by atoms with Crippen molar-refractivity contribution in [3.8, 4) is 16.9 Å². The van der Waals surface area contributed by atoms with E-state index in [4.69, 9.17) is 4.74 Å². The van der Waals surface area contributed by atoms with Gasteiger partial charge >= 0.3 is 0 Å². The summed E-state index contributed by atoms with van der Waals surface area (Å²) in [7, 11) is -1.67. The average Bonchev–Trinajstić information content (AvgIpc) is 3.64. The zero-order valence-electron chi connectivity index (χ0n) is 20.3. The number of nitrogens with zero attached hydrogens (tertiary/aromatic N) is 1. The zero-order valence-corrected chi connectivity index (χ0v) is 21.1. The van der Waals surface area contributed by atoms with E-state index in [1.165, 1.54) is 36.5 Å². The Balaban J connectivity index is 0.000000454. The van der Waals surface area contributed by atoms with Gasteiger partial charge in [0.05, 0.1) is 11.5 Å². The second-order valence-corrected chi connectivity index (χ2v) is 11.1. The third kappa shape index (κ3) is 6.26. The molecule has 0 bridgehead atoms. The number of pyridine rings is 1. The quantitative estimate of drug-likeness (QED) is 0.436. The van der Waals surface area contributed by atoms with E-state index in [0.29, 0.717) is 29.2 Å². The lowest BCUT2D eigenvalue weighted by Crippen LogP contribution is -2.16. The number of fused-ring (bicyclic) bond motifs is 1. The molecule has 0 radical (unpaired) electrons. The molecule has 2 aromatic carbocycles. The summed E-state index contributed by atoms with van der Waals surface area (Å²) < 4.78 is 31.7. The Morgan fingerprint density at radius 2 is 1.67 bits per heavy atom. The minimum Gasteiger partial charge on any atom is -0.493 e. The molecule has 178 valence electrons. The second-order valence-electron chi connectivity index (χ2n) is 9.11. The number of aromatic nitrogens is 1. The van der Waals surface area contributed by atoms with Gasteiger partial charge in [-0.1, -0.05) is 51.8 Å². The number of hydrogen-bond acceptors (Lipinski definition) is 4. The SMILES string of the molecule is CCC(C)CC.Cn1cc(-c2cc(S(C)(=O)=O)ccc2OCC2CC2)c2ccccc2c1=O. The number of hydrogen-bond donors (Lipinski definition) is 0. The van der Waals surface area contributed by atoms with Gasteiger partial charge in [0, 0.05) is 36.0 Å². The molecule has 0 N–H and O–H groups in total. The first-order valence-electron chi connectivity index (χ1n) is 11.7. The number of ether oxygens (including phenoxy) is 1. The molecule has 0 saturated heterocycles. The third-order valence-corrected chi connectivity index (χ3v) is 7.44. The van der Waals surface area contributed by atoms with Gasteiger partial charge in [-0.25, -0.2) is 8.42 Å². The summed E-state index contributed by atoms with van der Waals surface area (Å²) in [6.07, 6.45) is 7.93. The molecule has 33 heavy (non-hydrogen) atoms. The summed E-state index contributed by atoms with van der Waals surface area (Å²) in [6.45, 7) is 7.36. The zero-order chi connectivity index (χ0) is 24.2. The van der Waals surface area contributed by atoms with Crippen molar-refractivity contribution in [1.82, 2.24) is 4.57 Å². The van der Waals surface area contributed by atoms with Crippen LogP contribution in [0.15, 0.2) is 58.4 Å². The van der Waals surface area contributed by atoms with E-state index in [1.807, 2.05) is 18.2 Å². The standard InChI is InChI=1S/C21H21NO4S.C6H14/c1-22-12-19(16-5-3-4-6-17(16)21(22)23)18-11-15(27(2,24)25)9-10-20(18)26-13-14-7-8-14;1-4-6(3)5-2/h3-6,9-12,14H,7-8,13H2,1-2H3;6H,4-5H2,1-3H3. The van der Waals surface area contributed by atoms with E-state index < -0.39 is 9.84 Å². The predicted octanol–water partition coefficient (Wildman–Crippen LogP) is 5.84. The van der Waals surface area contributed by atoms with Gasteiger partial charge in [0.25, 0.3) is 5.56 Å². The molecule has 0 unspecified atom stereocenters. The summed E-state index contributed by atoms with van der Waals surface area (Å²) in [5.74, 6) is 2.15. The Morgan fingerprint density at radius 3 is 2.21 bits per heavy atom. The minimum atomic E-state index is -3.36. The average molecular weight is 470 g/mol. The molecule has 1 fully saturated rings. The first-order chi connectivity index (χ1) is 15.7. The molecule has 3 aromatic rings. The van der Waals surface area contributed by atoms with Crippen molar-refractivity contribution < 1.29 is 13.2 Å². The molecule has 5 nitrogen and oxygen atoms in total. The van der Waals surface area contributed by atoms with Crippen molar-refractivity contribution in [2.75, 3.05) is 12.9 Å². The summed E-state index contributed by atoms with van der Waals surface area (Å²) in [5, 5.41) is 1.37. The van der Waals surface area contributed by atoms with Gasteiger partial charge in [-0.05, 0) is 54.3 Å². The van der Waals surface area contributed by atoms with Crippen LogP contribution >= 0.6 is 0 Å². The van der Waals surface area contributed by atoms with E-state index >= 15 is 0 Å². The summed E-state index contributed by atoms with van der Waals surface area (Å²) in [6, 6.07) is 12.3. The maximum Gasteiger partial charge on any atom is 0.258 e. The van der Waals surface area contributed by atoms with Crippen molar-refractivity contribution in [2.45, 2.75) is 51.3 Å². The Kier molecular flexibility index (Phi) is 8.01. The fraction of sp³-hybridized carbons (Fsp3) is 0.444. The summed E-state index contributed by atoms with van der Waals surface area (Å²) in [4.78, 5) is 12.7. The van der Waals surface area contributed by atoms with E-state index in [9.17, 15) is 13.2 Å². The first kappa shape index (κ1) is 25.0. The molecular formula is C27H35NO4S. The van der Waals surface area contributed by atoms with Crippen molar-refractivity contribution in [3.63, 3.8) is 0 Å². The van der Waals surface area contributed by atoms with E-state index in [1.54, 1.807) is 37.5 Å². The van der Waals surface area contributed by atoms with Crippen LogP contribution in [-0.4, -0.2) is 25.8 Å². The molecule has 0 amide bonds. The molecule has 0 atom stereocenters. The Bertz CT molecular complexity index is 1270. The van der Waals surface area contributed by atoms with Crippen LogP contribution in [0.1, 0.15) is 46.5 Å². The Hall–Kier alpha value is -2.60. The summed E-state index contributed by atoms with van der Waals surface area (Å²) in [5.41, 5.74) is 1.38. The molecule has 1 heterocycles. The van der Waals surface area contributed by atoms with E-state index in [-0.39, 0.29) is 10.5 Å². The number of rotatable bonds is 7. The highest BCUT2D eigenvalue weighted by Gasteiger charge is 2.23. The van der Waals surface area contributed by atoms with Gasteiger partial charge in [0.1, 0.15) is 5.75 Å². The van der Waals surface area contributed by atoms with E-state index in [2.05, 4.69) is 20.8 Å². The van der Waals surface area contributed by atoms with Crippen LogP contribution in [0.25, 0.3) is 21.9 Å². The highest BCUT2D eigenvalue weighted by molar-refractivity contribution is 7.90. The lowest BCUT2D eigenvalue weighted by Gasteiger charge is -2.15. The van der Waals surface area contributed by atoms with Crippen molar-refractivity contribution in [3.05, 3.63) is 59.0 Å². The molecule has 4 rings (SSSR count). The van der Waals surface area contributed by atoms with Gasteiger partial charge in [0.2, 0.25) is 0 Å². The monoisotopic (exact) mass is 469 g/mol. The molecule has 0 aliphatic heterocycles. The lowest BCUT2D eigenvalue weighted by molar-refractivity contribution is 0.301. The Morgan fingerprint density at radius 1 is 1.03 bits per heavy atom. The number of benzene rings is 2. The molecular weight excluding hydrogens is 434 g/mol. The van der Waals surface area contributed by atoms with Gasteiger partial charge in [-0.3, -0.25) is 4.79 Å². The largest absolute Gasteiger partial charge is 0.493 e. The smallest absolute Gasteiger partial charge is 0.258 e. The van der Waals surface area contributed by atoms with Crippen LogP contribution in [0.4, 0.5) is 0 Å². The fourth-order valence-electron chi connectivity index (χ4n) is 3.49. The van der Waals surface area contributed by atoms with E-state index in [0.717, 1.165) is 16.9 Å². The number of aryl methyl sites for hydroxylation is 1. The predicted molar refractivity (Wildman–Crippen MR) is 136 cm³/mol. The molecule has 1 aliphatic carbocycles. The Labute approximate surface area is 197 Å². The highest BCUT2D eigenvalue weighted by atomic mass is 32.2. The fourth-order valence-corrected chi connectivity index (χ4v) is 4.13. The third-order valence-electron chi connectivity index (χ3n) is 6.33. The maximum atomic E-state index is 12.5. The highest BCUT2D eigenvalue weighted by Crippen LogP contribution is 2.37. The molecule has 0 spiro atoms. The maximum absolute atomic E-state index is 12.5. The summed E-state index contributed by atoms with van der Waals surface area (Å²) >= 11 is 0. The van der Waals surface area contributed by atoms with Gasteiger partial charge in [-0.2, -0.15) is 0 Å². The minimum absolute atomic E-state index is 0.0888. The van der Waals surface area contributed by atoms with Crippen LogP contribution in [0.5, 0.6) is 5.75 Å². The van der Waals surface area contributed by atoms with Crippen molar-refractivity contribution >= 4 is 20.6 Å². The van der Waals surface area contributed by atoms with Crippen LogP contribution in [0.3, 0.4) is 0 Å². The van der Waals surface area contributed by atoms with Crippen LogP contribution in [-0.2, 0) is 16.9 Å². The first-order valence-corrected chi connectivity index (χ1v) is 13.6. The second kappa shape index (κ2) is 10.6. The van der Waals surface area contributed by atoms with Gasteiger partial charge in [0.15, 0.2) is 9.84 Å². The van der Waals surface area contributed by atoms with Crippen LogP contribution in [0, 0.1) is 11.8 Å². The molecule has 1 saturated carbocycles. The van der Waals surface area contributed by atoms with Crippen LogP contribution < -0.4 is 10.3 Å². The van der Waals surface area contributed by atoms with Crippen molar-refractivity contribution in [2.24, 2.45) is 18.9 Å². The van der Waals surface area contributed by atoms with Gasteiger partial charge in [-0.15, -0.1) is 0 Å². The topological polar surface area (TPSA) is 65.4 Å². The normalized spacial score (nSPS) is 13.6. The van der Waals surface area contributed by atoms with Crippen molar-refractivity contribution in [1.29, 1.82) is 0 Å².